The number of likely N-dealkylation sites (tertiary alicyclic amines) is 1. The largest absolute Gasteiger partial charge is 0.494 e. The van der Waals surface area contributed by atoms with Gasteiger partial charge in [0.1, 0.15) is 17.4 Å². The van der Waals surface area contributed by atoms with Crippen molar-refractivity contribution >= 4 is 23.4 Å². The van der Waals surface area contributed by atoms with Crippen LogP contribution in [0.15, 0.2) is 49.6 Å². The summed E-state index contributed by atoms with van der Waals surface area (Å²) in [5, 5.41) is 10.6. The van der Waals surface area contributed by atoms with Crippen LogP contribution >= 0.6 is 0 Å². The number of aliphatic hydroxyl groups is 1. The second-order valence-corrected chi connectivity index (χ2v) is 13.0. The van der Waals surface area contributed by atoms with E-state index >= 15 is 0 Å². The van der Waals surface area contributed by atoms with Gasteiger partial charge in [-0.3, -0.25) is 19.3 Å². The van der Waals surface area contributed by atoms with Crippen molar-refractivity contribution in [3.05, 3.63) is 49.6 Å². The van der Waals surface area contributed by atoms with Crippen molar-refractivity contribution in [2.45, 2.75) is 57.4 Å². The lowest BCUT2D eigenvalue weighted by Gasteiger charge is -2.40. The normalized spacial score (nSPS) is 27.8. The molecule has 11 heteroatoms. The molecular formula is C35H50N4O7. The second-order valence-electron chi connectivity index (χ2n) is 13.0. The van der Waals surface area contributed by atoms with Gasteiger partial charge in [0.15, 0.2) is 0 Å². The van der Waals surface area contributed by atoms with E-state index in [0.29, 0.717) is 63.7 Å². The molecule has 11 nitrogen and oxygen atoms in total. The number of rotatable bonds is 15. The maximum absolute atomic E-state index is 14.7. The zero-order valence-electron chi connectivity index (χ0n) is 27.5. The Balaban J connectivity index is 1.49. The van der Waals surface area contributed by atoms with Crippen LogP contribution in [0.25, 0.3) is 0 Å². The van der Waals surface area contributed by atoms with Gasteiger partial charge in [0, 0.05) is 45.0 Å². The molecule has 252 valence electrons. The van der Waals surface area contributed by atoms with Crippen molar-refractivity contribution in [1.82, 2.24) is 14.7 Å². The Kier molecular flexibility index (Phi) is 10.9. The maximum Gasteiger partial charge on any atom is 0.248 e. The van der Waals surface area contributed by atoms with E-state index in [1.165, 1.54) is 0 Å². The number of anilines is 1. The molecule has 4 fully saturated rings. The van der Waals surface area contributed by atoms with Gasteiger partial charge in [-0.05, 0) is 49.9 Å². The van der Waals surface area contributed by atoms with Gasteiger partial charge in [-0.15, -0.1) is 13.2 Å². The molecule has 4 aliphatic heterocycles. The summed E-state index contributed by atoms with van der Waals surface area (Å²) >= 11 is 0. The maximum atomic E-state index is 14.7. The summed E-state index contributed by atoms with van der Waals surface area (Å²) in [7, 11) is 0. The standard InChI is InChI=1S/C35H50N4O7/c1-6-15-37(18-17-36-19-21-44-22-20-36)34(43)31-35-14-13-28(46-35)29(30(35)33(42)39(31)27(23-40)24(4)5)32(41)38(16-7-2)25-9-11-26(12-10-25)45-8-3/h6-7,9-12,24,27-31,40H,1-2,8,13-23H2,3-5H3/t27-,28+,29-,30-,31?,35?/m0/s1. The first-order valence-electron chi connectivity index (χ1n) is 16.7. The minimum atomic E-state index is -1.17. The highest BCUT2D eigenvalue weighted by molar-refractivity contribution is 6.03. The summed E-state index contributed by atoms with van der Waals surface area (Å²) in [5.41, 5.74) is -0.505. The first kappa shape index (κ1) is 34.1. The van der Waals surface area contributed by atoms with Gasteiger partial charge >= 0.3 is 0 Å². The predicted octanol–water partition coefficient (Wildman–Crippen LogP) is 2.34. The summed E-state index contributed by atoms with van der Waals surface area (Å²) in [4.78, 5) is 51.1. The first-order valence-corrected chi connectivity index (χ1v) is 16.7. The van der Waals surface area contributed by atoms with Gasteiger partial charge in [0.2, 0.25) is 17.7 Å². The summed E-state index contributed by atoms with van der Waals surface area (Å²) in [6, 6.07) is 5.71. The third kappa shape index (κ3) is 6.22. The Morgan fingerprint density at radius 3 is 2.43 bits per heavy atom. The summed E-state index contributed by atoms with van der Waals surface area (Å²) in [5.74, 6) is -1.82. The molecule has 4 aliphatic rings. The van der Waals surface area contributed by atoms with Gasteiger partial charge in [-0.2, -0.15) is 0 Å². The van der Waals surface area contributed by atoms with E-state index in [9.17, 15) is 19.5 Å². The molecule has 46 heavy (non-hydrogen) atoms. The monoisotopic (exact) mass is 638 g/mol. The molecule has 5 rings (SSSR count). The number of amides is 3. The van der Waals surface area contributed by atoms with E-state index in [4.69, 9.17) is 14.2 Å². The quantitative estimate of drug-likeness (QED) is 0.292. The molecule has 1 spiro atoms. The number of morpholine rings is 1. The zero-order chi connectivity index (χ0) is 33.0. The van der Waals surface area contributed by atoms with Gasteiger partial charge in [0.05, 0.1) is 50.4 Å². The number of carbonyl (C=O) groups excluding carboxylic acids is 3. The second kappa shape index (κ2) is 14.7. The molecule has 3 amide bonds. The number of fused-ring (bicyclic) bond motifs is 1. The molecule has 6 atom stereocenters. The van der Waals surface area contributed by atoms with Crippen molar-refractivity contribution in [2.75, 3.05) is 70.6 Å². The fourth-order valence-corrected chi connectivity index (χ4v) is 7.86. The number of hydrogen-bond donors (Lipinski definition) is 1. The number of carbonyl (C=O) groups is 3. The fourth-order valence-electron chi connectivity index (χ4n) is 7.86. The molecule has 1 aromatic rings. The van der Waals surface area contributed by atoms with Crippen LogP contribution in [-0.2, 0) is 23.9 Å². The summed E-state index contributed by atoms with van der Waals surface area (Å²) < 4.78 is 17.8. The van der Waals surface area contributed by atoms with Gasteiger partial charge in [-0.25, -0.2) is 0 Å². The van der Waals surface area contributed by atoms with Crippen LogP contribution in [0.4, 0.5) is 5.69 Å². The Morgan fingerprint density at radius 2 is 1.83 bits per heavy atom. The fraction of sp³-hybridized carbons (Fsp3) is 0.629. The highest BCUT2D eigenvalue weighted by atomic mass is 16.5. The molecule has 0 aromatic heterocycles. The molecule has 0 saturated carbocycles. The third-order valence-electron chi connectivity index (χ3n) is 10.1. The Bertz CT molecular complexity index is 1270. The van der Waals surface area contributed by atoms with Crippen molar-refractivity contribution in [3.63, 3.8) is 0 Å². The van der Waals surface area contributed by atoms with E-state index < -0.39 is 35.6 Å². The highest BCUT2D eigenvalue weighted by Gasteiger charge is 2.75. The SMILES string of the molecule is C=CCN(CCN1CCOCC1)C(=O)C1N([C@@H](CO)C(C)C)C(=O)[C@@H]2[C@@H](C(=O)N(CC=C)c3ccc(OCC)cc3)[C@H]3CCC12O3. The lowest BCUT2D eigenvalue weighted by atomic mass is 9.70. The first-order chi connectivity index (χ1) is 22.2. The lowest BCUT2D eigenvalue weighted by molar-refractivity contribution is -0.152. The van der Waals surface area contributed by atoms with Crippen LogP contribution in [0.5, 0.6) is 5.75 Å². The van der Waals surface area contributed by atoms with E-state index in [1.54, 1.807) is 26.9 Å². The minimum Gasteiger partial charge on any atom is -0.494 e. The number of nitrogens with zero attached hydrogens (tertiary/aromatic N) is 4. The highest BCUT2D eigenvalue weighted by Crippen LogP contribution is 2.59. The molecule has 2 bridgehead atoms. The average molecular weight is 639 g/mol. The molecule has 4 saturated heterocycles. The topological polar surface area (TPSA) is 112 Å². The minimum absolute atomic E-state index is 0.131. The van der Waals surface area contributed by atoms with Crippen LogP contribution < -0.4 is 9.64 Å². The van der Waals surface area contributed by atoms with Crippen LogP contribution in [0, 0.1) is 17.8 Å². The summed E-state index contributed by atoms with van der Waals surface area (Å²) in [6.45, 7) is 18.3. The van der Waals surface area contributed by atoms with Crippen molar-refractivity contribution in [3.8, 4) is 5.75 Å². The van der Waals surface area contributed by atoms with E-state index in [0.717, 1.165) is 13.1 Å². The van der Waals surface area contributed by atoms with Crippen molar-refractivity contribution in [2.24, 2.45) is 17.8 Å². The van der Waals surface area contributed by atoms with E-state index in [2.05, 4.69) is 18.1 Å². The van der Waals surface area contributed by atoms with Gasteiger partial charge < -0.3 is 34.0 Å². The van der Waals surface area contributed by atoms with E-state index in [-0.39, 0.29) is 36.8 Å². The molecule has 4 heterocycles. The Hall–Kier alpha value is -3.25. The van der Waals surface area contributed by atoms with Crippen LogP contribution in [0.1, 0.15) is 33.6 Å². The smallest absolute Gasteiger partial charge is 0.248 e. The molecule has 1 aromatic carbocycles. The number of ether oxygens (including phenoxy) is 3. The molecule has 1 N–H and O–H groups in total. The van der Waals surface area contributed by atoms with Crippen LogP contribution in [0.3, 0.4) is 0 Å². The predicted molar refractivity (Wildman–Crippen MR) is 174 cm³/mol. The van der Waals surface area contributed by atoms with E-state index in [1.807, 2.05) is 45.0 Å². The Morgan fingerprint density at radius 1 is 1.13 bits per heavy atom. The molecule has 0 aliphatic carbocycles. The lowest BCUT2D eigenvalue weighted by Crippen LogP contribution is -2.60. The number of hydrogen-bond acceptors (Lipinski definition) is 8. The van der Waals surface area contributed by atoms with Crippen molar-refractivity contribution < 1.29 is 33.7 Å². The molecule has 2 unspecified atom stereocenters. The molecule has 0 radical (unpaired) electrons. The van der Waals surface area contributed by atoms with Crippen LogP contribution in [0.2, 0.25) is 0 Å². The third-order valence-corrected chi connectivity index (χ3v) is 10.1. The zero-order valence-corrected chi connectivity index (χ0v) is 27.5. The van der Waals surface area contributed by atoms with Gasteiger partial charge in [-0.1, -0.05) is 26.0 Å². The van der Waals surface area contributed by atoms with Crippen molar-refractivity contribution in [1.29, 1.82) is 0 Å². The average Bonchev–Trinajstić information content (AvgIpc) is 3.70. The summed E-state index contributed by atoms with van der Waals surface area (Å²) in [6.07, 6.45) is 3.90. The number of aliphatic hydroxyl groups excluding tert-OH is 1. The van der Waals surface area contributed by atoms with Gasteiger partial charge in [0.25, 0.3) is 0 Å². The number of benzene rings is 1. The van der Waals surface area contributed by atoms with Crippen LogP contribution in [-0.4, -0.2) is 127 Å². The molecular weight excluding hydrogens is 588 g/mol. The Labute approximate surface area is 272 Å².